The van der Waals surface area contributed by atoms with Gasteiger partial charge in [0.2, 0.25) is 0 Å². The number of anilines is 1. The van der Waals surface area contributed by atoms with E-state index in [2.05, 4.69) is 0 Å². The number of halogens is 1. The van der Waals surface area contributed by atoms with Crippen LogP contribution in [-0.2, 0) is 21.6 Å². The maximum atomic E-state index is 15.9. The van der Waals surface area contributed by atoms with E-state index >= 15 is 4.39 Å². The smallest absolute Gasteiger partial charge is 0.326 e. The number of nitrogens with zero attached hydrogens (tertiary/aromatic N) is 1. The van der Waals surface area contributed by atoms with Gasteiger partial charge in [-0.2, -0.15) is 8.42 Å². The molecule has 1 fully saturated rings. The number of ether oxygens (including phenoxy) is 2. The highest BCUT2D eigenvalue weighted by Crippen LogP contribution is 2.40. The quantitative estimate of drug-likeness (QED) is 0.464. The van der Waals surface area contributed by atoms with Crippen LogP contribution in [0.3, 0.4) is 0 Å². The molecule has 1 aliphatic rings. The summed E-state index contributed by atoms with van der Waals surface area (Å²) in [6, 6.07) is 15.6. The van der Waals surface area contributed by atoms with E-state index in [1.807, 2.05) is 48.9 Å². The van der Waals surface area contributed by atoms with E-state index in [4.69, 9.17) is 9.47 Å². The van der Waals surface area contributed by atoms with Crippen LogP contribution < -0.4 is 18.5 Å². The van der Waals surface area contributed by atoms with Gasteiger partial charge in [-0.15, -0.1) is 0 Å². The van der Waals surface area contributed by atoms with Gasteiger partial charge in [0, 0.05) is 12.0 Å². The summed E-state index contributed by atoms with van der Waals surface area (Å²) in [6.45, 7) is 3.66. The molecule has 10 heteroatoms. The van der Waals surface area contributed by atoms with Crippen LogP contribution in [0.1, 0.15) is 25.8 Å². The van der Waals surface area contributed by atoms with Crippen molar-refractivity contribution in [3.05, 3.63) is 66.0 Å². The fourth-order valence-electron chi connectivity index (χ4n) is 3.63. The van der Waals surface area contributed by atoms with Crippen molar-refractivity contribution in [1.29, 1.82) is 0 Å². The fourth-order valence-corrected chi connectivity index (χ4v) is 4.79. The minimum atomic E-state index is -4.27. The monoisotopic (exact) mass is 502 g/mol. The van der Waals surface area contributed by atoms with Crippen molar-refractivity contribution in [2.75, 3.05) is 24.1 Å². The first kappa shape index (κ1) is 24.7. The van der Waals surface area contributed by atoms with Crippen molar-refractivity contribution in [2.45, 2.75) is 26.9 Å². The minimum absolute atomic E-state index is 0.00251. The molecule has 0 aromatic heterocycles. The van der Waals surface area contributed by atoms with E-state index in [9.17, 15) is 18.3 Å². The normalized spacial score (nSPS) is 15.3. The summed E-state index contributed by atoms with van der Waals surface area (Å²) in [5, 5.41) is 10.0. The summed E-state index contributed by atoms with van der Waals surface area (Å²) in [4.78, 5) is 11.9. The van der Waals surface area contributed by atoms with Gasteiger partial charge in [-0.05, 0) is 41.0 Å². The third kappa shape index (κ3) is 5.49. The van der Waals surface area contributed by atoms with E-state index in [0.717, 1.165) is 5.56 Å². The highest BCUT2D eigenvalue weighted by atomic mass is 32.2. The van der Waals surface area contributed by atoms with Crippen LogP contribution in [-0.4, -0.2) is 39.2 Å². The van der Waals surface area contributed by atoms with Gasteiger partial charge < -0.3 is 14.6 Å². The zero-order chi connectivity index (χ0) is 25.2. The van der Waals surface area contributed by atoms with Gasteiger partial charge in [0.1, 0.15) is 30.3 Å². The summed E-state index contributed by atoms with van der Waals surface area (Å²) < 4.78 is 55.2. The second-order valence-corrected chi connectivity index (χ2v) is 10.7. The topological polar surface area (TPSA) is 105 Å². The van der Waals surface area contributed by atoms with Crippen LogP contribution >= 0.6 is 0 Å². The summed E-state index contributed by atoms with van der Waals surface area (Å²) in [7, 11) is -4.27. The average Bonchev–Trinajstić information content (AvgIpc) is 3.10. The Kier molecular flexibility index (Phi) is 6.86. The largest absolute Gasteiger partial charge is 0.494 e. The van der Waals surface area contributed by atoms with E-state index in [1.54, 1.807) is 18.2 Å². The molecule has 0 aliphatic carbocycles. The van der Waals surface area contributed by atoms with Crippen molar-refractivity contribution >= 4 is 32.6 Å². The van der Waals surface area contributed by atoms with Crippen LogP contribution in [0.2, 0.25) is 0 Å². The van der Waals surface area contributed by atoms with Crippen molar-refractivity contribution < 1.29 is 32.2 Å². The van der Waals surface area contributed by atoms with Crippen LogP contribution in [0.15, 0.2) is 54.6 Å². The molecule has 0 unspecified atom stereocenters. The molecule has 1 amide bonds. The number of carbonyl (C=O) groups excluding carboxylic acids is 1. The van der Waals surface area contributed by atoms with Gasteiger partial charge in [0.15, 0.2) is 5.82 Å². The molecule has 1 aliphatic heterocycles. The van der Waals surface area contributed by atoms with Crippen LogP contribution in [0.4, 0.5) is 10.1 Å². The van der Waals surface area contributed by atoms with Crippen molar-refractivity contribution in [2.24, 2.45) is 5.41 Å². The average molecular weight is 503 g/mol. The molecule has 8 nitrogen and oxygen atoms in total. The van der Waals surface area contributed by atoms with Crippen molar-refractivity contribution in [1.82, 2.24) is 4.72 Å². The number of amides is 1. The predicted octanol–water partition coefficient (Wildman–Crippen LogP) is 3.53. The molecule has 0 radical (unpaired) electrons. The lowest BCUT2D eigenvalue weighted by Gasteiger charge is -2.22. The van der Waals surface area contributed by atoms with Gasteiger partial charge in [-0.1, -0.05) is 50.2 Å². The second-order valence-electron chi connectivity index (χ2n) is 9.15. The molecule has 0 atom stereocenters. The van der Waals surface area contributed by atoms with Crippen LogP contribution in [0, 0.1) is 11.2 Å². The molecule has 0 bridgehead atoms. The fraction of sp³-hybridized carbons (Fsp3) is 0.320. The van der Waals surface area contributed by atoms with E-state index < -0.39 is 28.5 Å². The predicted molar refractivity (Wildman–Crippen MR) is 130 cm³/mol. The molecule has 0 saturated carbocycles. The van der Waals surface area contributed by atoms with E-state index in [1.165, 1.54) is 6.07 Å². The Morgan fingerprint density at radius 1 is 1.11 bits per heavy atom. The first-order chi connectivity index (χ1) is 16.6. The van der Waals surface area contributed by atoms with Gasteiger partial charge >= 0.3 is 10.2 Å². The molecule has 186 valence electrons. The lowest BCUT2D eigenvalue weighted by atomic mass is 9.91. The Labute approximate surface area is 203 Å². The second kappa shape index (κ2) is 9.71. The maximum absolute atomic E-state index is 15.9. The molecular formula is C25H27FN2O6S. The minimum Gasteiger partial charge on any atom is -0.494 e. The zero-order valence-electron chi connectivity index (χ0n) is 19.5. The molecular weight excluding hydrogens is 475 g/mol. The maximum Gasteiger partial charge on any atom is 0.326 e. The van der Waals surface area contributed by atoms with Gasteiger partial charge in [-0.3, -0.25) is 4.79 Å². The highest BCUT2D eigenvalue weighted by Gasteiger charge is 2.38. The lowest BCUT2D eigenvalue weighted by Crippen LogP contribution is -2.30. The molecule has 4 rings (SSSR count). The first-order valence-electron chi connectivity index (χ1n) is 11.1. The summed E-state index contributed by atoms with van der Waals surface area (Å²) in [6.07, 6.45) is 0.585. The molecule has 1 heterocycles. The summed E-state index contributed by atoms with van der Waals surface area (Å²) >= 11 is 0. The van der Waals surface area contributed by atoms with E-state index in [0.29, 0.717) is 28.5 Å². The molecule has 2 N–H and O–H groups in total. The SMILES string of the molecule is CC(C)(CO)CCOc1ccc2cc(OCc3ccccc3)c(N3CC(=O)NS3(=O)=O)c(F)c2c1. The molecule has 3 aromatic rings. The third-order valence-electron chi connectivity index (χ3n) is 5.77. The number of fused-ring (bicyclic) bond motifs is 1. The number of benzene rings is 3. The molecule has 1 saturated heterocycles. The van der Waals surface area contributed by atoms with Gasteiger partial charge in [0.25, 0.3) is 5.91 Å². The number of carbonyl (C=O) groups is 1. The van der Waals surface area contributed by atoms with Crippen molar-refractivity contribution in [3.8, 4) is 11.5 Å². The number of hydrogen-bond acceptors (Lipinski definition) is 6. The Balaban J connectivity index is 1.72. The molecule has 3 aromatic carbocycles. The summed E-state index contributed by atoms with van der Waals surface area (Å²) in [5.41, 5.74) is 0.154. The number of aliphatic hydroxyl groups is 1. The Morgan fingerprint density at radius 3 is 2.51 bits per heavy atom. The Morgan fingerprint density at radius 2 is 1.86 bits per heavy atom. The van der Waals surface area contributed by atoms with Gasteiger partial charge in [-0.25, -0.2) is 13.4 Å². The lowest BCUT2D eigenvalue weighted by molar-refractivity contribution is -0.117. The molecule has 0 spiro atoms. The Hall–Kier alpha value is -3.37. The van der Waals surface area contributed by atoms with E-state index in [-0.39, 0.29) is 35.5 Å². The number of rotatable bonds is 9. The van der Waals surface area contributed by atoms with Gasteiger partial charge in [0.05, 0.1) is 6.61 Å². The third-order valence-corrected chi connectivity index (χ3v) is 7.15. The molecule has 35 heavy (non-hydrogen) atoms. The van der Waals surface area contributed by atoms with Crippen LogP contribution in [0.25, 0.3) is 10.8 Å². The van der Waals surface area contributed by atoms with Crippen molar-refractivity contribution in [3.63, 3.8) is 0 Å². The highest BCUT2D eigenvalue weighted by molar-refractivity contribution is 7.92. The number of aliphatic hydroxyl groups excluding tert-OH is 1. The zero-order valence-corrected chi connectivity index (χ0v) is 20.3. The standard InChI is InChI=1S/C25H27FN2O6S/c1-25(2,16-29)10-11-33-19-9-8-18-12-21(34-15-17-6-4-3-5-7-17)24(23(26)20(18)13-19)28-14-22(30)27-35(28,31)32/h3-9,12-13,29H,10-11,14-16H2,1-2H3,(H,27,30). The summed E-state index contributed by atoms with van der Waals surface area (Å²) in [5.74, 6) is -1.21. The first-order valence-corrected chi connectivity index (χ1v) is 12.5. The number of nitrogens with one attached hydrogen (secondary N) is 1. The Bertz CT molecular complexity index is 1350. The number of hydrogen-bond donors (Lipinski definition) is 2. The van der Waals surface area contributed by atoms with Crippen LogP contribution in [0.5, 0.6) is 11.5 Å².